The van der Waals surface area contributed by atoms with Crippen molar-refractivity contribution < 1.29 is 4.79 Å². The van der Waals surface area contributed by atoms with E-state index in [-0.39, 0.29) is 5.91 Å². The molecule has 0 atom stereocenters. The molecule has 1 amide bonds. The summed E-state index contributed by atoms with van der Waals surface area (Å²) in [5.74, 6) is -0.170. The standard InChI is InChI=1S/C12H15ClN2O/c1-9(12(16)14-2)15(3)8-10-4-6-11(13)7-5-10/h4-7H,1,8H2,2-3H3,(H,14,16). The second kappa shape index (κ2) is 5.56. The van der Waals surface area contributed by atoms with Crippen molar-refractivity contribution in [1.82, 2.24) is 10.2 Å². The first-order chi connectivity index (χ1) is 7.54. The molecule has 1 rings (SSSR count). The fourth-order valence-electron chi connectivity index (χ4n) is 1.28. The largest absolute Gasteiger partial charge is 0.366 e. The highest BCUT2D eigenvalue weighted by Crippen LogP contribution is 2.12. The zero-order valence-corrected chi connectivity index (χ0v) is 10.2. The normalized spacial score (nSPS) is 9.69. The van der Waals surface area contributed by atoms with Crippen LogP contribution in [0.2, 0.25) is 5.02 Å². The first kappa shape index (κ1) is 12.6. The number of nitrogens with one attached hydrogen (secondary N) is 1. The van der Waals surface area contributed by atoms with Crippen LogP contribution in [0.4, 0.5) is 0 Å². The highest BCUT2D eigenvalue weighted by Gasteiger charge is 2.09. The van der Waals surface area contributed by atoms with Crippen LogP contribution in [0.5, 0.6) is 0 Å². The average molecular weight is 239 g/mol. The van der Waals surface area contributed by atoms with Crippen molar-refractivity contribution in [3.8, 4) is 0 Å². The molecule has 0 aromatic heterocycles. The number of benzene rings is 1. The summed E-state index contributed by atoms with van der Waals surface area (Å²) >= 11 is 5.79. The van der Waals surface area contributed by atoms with Gasteiger partial charge in [-0.2, -0.15) is 0 Å². The quantitative estimate of drug-likeness (QED) is 0.815. The van der Waals surface area contributed by atoms with Crippen LogP contribution in [0.1, 0.15) is 5.56 Å². The number of hydrogen-bond donors (Lipinski definition) is 1. The molecule has 86 valence electrons. The minimum absolute atomic E-state index is 0.170. The molecule has 0 spiro atoms. The molecule has 16 heavy (non-hydrogen) atoms. The van der Waals surface area contributed by atoms with E-state index in [1.165, 1.54) is 0 Å². The Morgan fingerprint density at radius 1 is 1.44 bits per heavy atom. The van der Waals surface area contributed by atoms with Gasteiger partial charge in [-0.25, -0.2) is 0 Å². The fourth-order valence-corrected chi connectivity index (χ4v) is 1.40. The lowest BCUT2D eigenvalue weighted by atomic mass is 10.2. The van der Waals surface area contributed by atoms with Gasteiger partial charge in [0.15, 0.2) is 0 Å². The maximum atomic E-state index is 11.3. The Morgan fingerprint density at radius 2 is 2.00 bits per heavy atom. The zero-order chi connectivity index (χ0) is 12.1. The van der Waals surface area contributed by atoms with E-state index < -0.39 is 0 Å². The van der Waals surface area contributed by atoms with E-state index in [0.29, 0.717) is 17.3 Å². The number of likely N-dealkylation sites (N-methyl/N-ethyl adjacent to an activating group) is 2. The number of carbonyl (C=O) groups excluding carboxylic acids is 1. The van der Waals surface area contributed by atoms with Crippen molar-refractivity contribution in [3.63, 3.8) is 0 Å². The summed E-state index contributed by atoms with van der Waals surface area (Å²) in [5, 5.41) is 3.24. The summed E-state index contributed by atoms with van der Waals surface area (Å²) in [5.41, 5.74) is 1.52. The molecule has 1 aromatic rings. The van der Waals surface area contributed by atoms with Crippen LogP contribution < -0.4 is 5.32 Å². The molecule has 0 heterocycles. The van der Waals surface area contributed by atoms with Crippen molar-refractivity contribution in [3.05, 3.63) is 47.1 Å². The summed E-state index contributed by atoms with van der Waals surface area (Å²) < 4.78 is 0. The van der Waals surface area contributed by atoms with Gasteiger partial charge in [-0.15, -0.1) is 0 Å². The molecule has 0 fully saturated rings. The molecule has 0 unspecified atom stereocenters. The van der Waals surface area contributed by atoms with E-state index in [4.69, 9.17) is 11.6 Å². The number of hydrogen-bond acceptors (Lipinski definition) is 2. The highest BCUT2D eigenvalue weighted by molar-refractivity contribution is 6.30. The van der Waals surface area contributed by atoms with Crippen LogP contribution in [-0.2, 0) is 11.3 Å². The molecule has 0 aliphatic rings. The average Bonchev–Trinajstić information content (AvgIpc) is 2.30. The van der Waals surface area contributed by atoms with Crippen molar-refractivity contribution >= 4 is 17.5 Å². The zero-order valence-electron chi connectivity index (χ0n) is 9.46. The molecule has 0 bridgehead atoms. The van der Waals surface area contributed by atoms with Crippen LogP contribution in [0.3, 0.4) is 0 Å². The Labute approximate surface area is 101 Å². The van der Waals surface area contributed by atoms with E-state index >= 15 is 0 Å². The van der Waals surface area contributed by atoms with Gasteiger partial charge >= 0.3 is 0 Å². The molecular weight excluding hydrogens is 224 g/mol. The van der Waals surface area contributed by atoms with Crippen molar-refractivity contribution in [2.24, 2.45) is 0 Å². The number of halogens is 1. The number of carbonyl (C=O) groups is 1. The molecule has 1 aromatic carbocycles. The number of rotatable bonds is 4. The maximum Gasteiger partial charge on any atom is 0.266 e. The van der Waals surface area contributed by atoms with E-state index in [1.807, 2.05) is 31.3 Å². The van der Waals surface area contributed by atoms with E-state index in [9.17, 15) is 4.79 Å². The lowest BCUT2D eigenvalue weighted by Gasteiger charge is -2.20. The molecule has 0 aliphatic carbocycles. The van der Waals surface area contributed by atoms with Crippen LogP contribution in [0, 0.1) is 0 Å². The van der Waals surface area contributed by atoms with Gasteiger partial charge in [-0.3, -0.25) is 4.79 Å². The van der Waals surface area contributed by atoms with Gasteiger partial charge in [0.1, 0.15) is 0 Å². The molecular formula is C12H15ClN2O. The third-order valence-corrected chi connectivity index (χ3v) is 2.53. The lowest BCUT2D eigenvalue weighted by molar-refractivity contribution is -0.118. The predicted octanol–water partition coefficient (Wildman–Crippen LogP) is 2.03. The van der Waals surface area contributed by atoms with Gasteiger partial charge in [0.05, 0.1) is 5.70 Å². The Morgan fingerprint density at radius 3 is 2.50 bits per heavy atom. The minimum Gasteiger partial charge on any atom is -0.366 e. The summed E-state index contributed by atoms with van der Waals surface area (Å²) in [4.78, 5) is 13.1. The van der Waals surface area contributed by atoms with Gasteiger partial charge in [0, 0.05) is 25.7 Å². The number of nitrogens with zero attached hydrogens (tertiary/aromatic N) is 1. The van der Waals surface area contributed by atoms with E-state index in [0.717, 1.165) is 5.56 Å². The summed E-state index contributed by atoms with van der Waals surface area (Å²) in [6.45, 7) is 4.36. The van der Waals surface area contributed by atoms with Crippen LogP contribution in [0.25, 0.3) is 0 Å². The Bertz CT molecular complexity index is 387. The summed E-state index contributed by atoms with van der Waals surface area (Å²) in [7, 11) is 3.41. The second-order valence-electron chi connectivity index (χ2n) is 3.51. The highest BCUT2D eigenvalue weighted by atomic mass is 35.5. The van der Waals surface area contributed by atoms with Crippen LogP contribution in [-0.4, -0.2) is 24.9 Å². The van der Waals surface area contributed by atoms with Crippen molar-refractivity contribution in [1.29, 1.82) is 0 Å². The minimum atomic E-state index is -0.170. The van der Waals surface area contributed by atoms with Gasteiger partial charge in [0.2, 0.25) is 0 Å². The van der Waals surface area contributed by atoms with E-state index in [2.05, 4.69) is 11.9 Å². The Balaban J connectivity index is 2.64. The molecule has 0 aliphatic heterocycles. The smallest absolute Gasteiger partial charge is 0.266 e. The molecule has 0 saturated carbocycles. The van der Waals surface area contributed by atoms with E-state index in [1.54, 1.807) is 11.9 Å². The summed E-state index contributed by atoms with van der Waals surface area (Å²) in [6.07, 6.45) is 0. The summed E-state index contributed by atoms with van der Waals surface area (Å²) in [6, 6.07) is 7.51. The SMILES string of the molecule is C=C(C(=O)NC)N(C)Cc1ccc(Cl)cc1. The molecule has 3 nitrogen and oxygen atoms in total. The molecule has 4 heteroatoms. The first-order valence-electron chi connectivity index (χ1n) is 4.91. The third-order valence-electron chi connectivity index (χ3n) is 2.28. The fraction of sp³-hybridized carbons (Fsp3) is 0.250. The van der Waals surface area contributed by atoms with Crippen molar-refractivity contribution in [2.45, 2.75) is 6.54 Å². The van der Waals surface area contributed by atoms with Crippen LogP contribution >= 0.6 is 11.6 Å². The lowest BCUT2D eigenvalue weighted by Crippen LogP contribution is -2.29. The predicted molar refractivity (Wildman–Crippen MR) is 66.1 cm³/mol. The van der Waals surface area contributed by atoms with Gasteiger partial charge in [-0.05, 0) is 17.7 Å². The van der Waals surface area contributed by atoms with Gasteiger partial charge < -0.3 is 10.2 Å². The Hall–Kier alpha value is -1.48. The molecule has 0 radical (unpaired) electrons. The maximum absolute atomic E-state index is 11.3. The molecule has 1 N–H and O–H groups in total. The monoisotopic (exact) mass is 238 g/mol. The van der Waals surface area contributed by atoms with Gasteiger partial charge in [0.25, 0.3) is 5.91 Å². The van der Waals surface area contributed by atoms with Crippen molar-refractivity contribution in [2.75, 3.05) is 14.1 Å². The van der Waals surface area contributed by atoms with Gasteiger partial charge in [-0.1, -0.05) is 30.3 Å². The van der Waals surface area contributed by atoms with Crippen LogP contribution in [0.15, 0.2) is 36.5 Å². The second-order valence-corrected chi connectivity index (χ2v) is 3.94. The number of amides is 1. The third kappa shape index (κ3) is 3.28. The Kier molecular flexibility index (Phi) is 4.38. The first-order valence-corrected chi connectivity index (χ1v) is 5.29. The topological polar surface area (TPSA) is 32.3 Å². The molecule has 0 saturated heterocycles.